The van der Waals surface area contributed by atoms with Crippen molar-refractivity contribution in [2.24, 2.45) is 0 Å². The van der Waals surface area contributed by atoms with Crippen molar-refractivity contribution in [3.05, 3.63) is 42.5 Å². The Bertz CT molecular complexity index is 609. The molecule has 1 aliphatic heterocycles. The predicted molar refractivity (Wildman–Crippen MR) is 85.7 cm³/mol. The third-order valence-electron chi connectivity index (χ3n) is 4.48. The molecule has 4 nitrogen and oxygen atoms in total. The normalized spacial score (nSPS) is 18.2. The Hall–Kier alpha value is -1.97. The minimum absolute atomic E-state index is 0.695. The highest BCUT2D eigenvalue weighted by Crippen LogP contribution is 2.35. The molecule has 1 aromatic heterocycles. The molecule has 0 bridgehead atoms. The Labute approximate surface area is 125 Å². The summed E-state index contributed by atoms with van der Waals surface area (Å²) in [7, 11) is 0. The summed E-state index contributed by atoms with van der Waals surface area (Å²) in [6.45, 7) is 3.23. The van der Waals surface area contributed by atoms with Crippen LogP contribution < -0.4 is 10.2 Å². The first-order valence-corrected chi connectivity index (χ1v) is 8.00. The first-order valence-electron chi connectivity index (χ1n) is 8.00. The van der Waals surface area contributed by atoms with Gasteiger partial charge in [0.05, 0.1) is 18.6 Å². The highest BCUT2D eigenvalue weighted by molar-refractivity contribution is 5.58. The summed E-state index contributed by atoms with van der Waals surface area (Å²) in [5.41, 5.74) is 3.82. The van der Waals surface area contributed by atoms with Crippen molar-refractivity contribution in [2.45, 2.75) is 38.3 Å². The highest BCUT2D eigenvalue weighted by atomic mass is 15.1. The average molecular weight is 282 g/mol. The molecule has 1 aromatic carbocycles. The molecule has 1 aliphatic carbocycles. The van der Waals surface area contributed by atoms with E-state index in [4.69, 9.17) is 0 Å². The lowest BCUT2D eigenvalue weighted by Crippen LogP contribution is -2.17. The summed E-state index contributed by atoms with van der Waals surface area (Å²) in [4.78, 5) is 6.76. The number of hydrogen-bond acceptors (Lipinski definition) is 3. The van der Waals surface area contributed by atoms with Gasteiger partial charge in [-0.25, -0.2) is 4.98 Å². The van der Waals surface area contributed by atoms with E-state index in [9.17, 15) is 0 Å². The minimum Gasteiger partial charge on any atom is -0.379 e. The number of imidazole rings is 1. The van der Waals surface area contributed by atoms with Crippen LogP contribution in [0.2, 0.25) is 0 Å². The van der Waals surface area contributed by atoms with Gasteiger partial charge in [0.1, 0.15) is 0 Å². The topological polar surface area (TPSA) is 33.1 Å². The third-order valence-corrected chi connectivity index (χ3v) is 4.48. The summed E-state index contributed by atoms with van der Waals surface area (Å²) in [6.07, 6.45) is 9.18. The molecule has 0 atom stereocenters. The standard InChI is InChI=1S/C17H22N4/c1-2-9-20(8-1)16-5-3-4-14(10-16)19-12-17-11-18-13-21(17)15-6-7-15/h3-5,10-11,13,15,19H,1-2,6-9,12H2. The van der Waals surface area contributed by atoms with Gasteiger partial charge in [-0.1, -0.05) is 6.07 Å². The molecule has 0 unspecified atom stereocenters. The SMILES string of the molecule is c1cc(NCc2cncn2C2CC2)cc(N2CCCC2)c1. The second kappa shape index (κ2) is 5.43. The maximum absolute atomic E-state index is 4.29. The number of aromatic nitrogens is 2. The van der Waals surface area contributed by atoms with Gasteiger partial charge in [0, 0.05) is 36.7 Å². The maximum atomic E-state index is 4.29. The molecule has 0 radical (unpaired) electrons. The lowest BCUT2D eigenvalue weighted by Gasteiger charge is -2.18. The van der Waals surface area contributed by atoms with Gasteiger partial charge in [-0.2, -0.15) is 0 Å². The number of benzene rings is 1. The quantitative estimate of drug-likeness (QED) is 0.912. The van der Waals surface area contributed by atoms with E-state index in [1.807, 2.05) is 12.5 Å². The van der Waals surface area contributed by atoms with E-state index in [1.54, 1.807) is 0 Å². The Morgan fingerprint density at radius 2 is 2.05 bits per heavy atom. The van der Waals surface area contributed by atoms with Crippen LogP contribution in [0.25, 0.3) is 0 Å². The molecule has 1 saturated carbocycles. The summed E-state index contributed by atoms with van der Waals surface area (Å²) < 4.78 is 2.32. The zero-order valence-corrected chi connectivity index (χ0v) is 12.3. The second-order valence-electron chi connectivity index (χ2n) is 6.12. The second-order valence-corrected chi connectivity index (χ2v) is 6.12. The van der Waals surface area contributed by atoms with Crippen LogP contribution in [0.15, 0.2) is 36.8 Å². The van der Waals surface area contributed by atoms with Gasteiger partial charge >= 0.3 is 0 Å². The van der Waals surface area contributed by atoms with Gasteiger partial charge < -0.3 is 14.8 Å². The summed E-state index contributed by atoms with van der Waals surface area (Å²) in [6, 6.07) is 9.47. The van der Waals surface area contributed by atoms with Crippen LogP contribution in [0, 0.1) is 0 Å². The molecular formula is C17H22N4. The van der Waals surface area contributed by atoms with Crippen LogP contribution in [0.3, 0.4) is 0 Å². The minimum atomic E-state index is 0.695. The third kappa shape index (κ3) is 2.75. The first kappa shape index (κ1) is 12.7. The van der Waals surface area contributed by atoms with Crippen molar-refractivity contribution in [1.82, 2.24) is 9.55 Å². The van der Waals surface area contributed by atoms with E-state index in [2.05, 4.69) is 44.0 Å². The summed E-state index contributed by atoms with van der Waals surface area (Å²) >= 11 is 0. The van der Waals surface area contributed by atoms with Crippen LogP contribution in [0.5, 0.6) is 0 Å². The fraction of sp³-hybridized carbons (Fsp3) is 0.471. The molecule has 2 aromatic rings. The van der Waals surface area contributed by atoms with E-state index in [-0.39, 0.29) is 0 Å². The van der Waals surface area contributed by atoms with Gasteiger partial charge in [0.2, 0.25) is 0 Å². The van der Waals surface area contributed by atoms with Crippen molar-refractivity contribution in [1.29, 1.82) is 0 Å². The molecule has 1 N–H and O–H groups in total. The molecule has 4 heteroatoms. The largest absolute Gasteiger partial charge is 0.379 e. The Balaban J connectivity index is 1.44. The zero-order valence-electron chi connectivity index (χ0n) is 12.3. The molecule has 2 fully saturated rings. The maximum Gasteiger partial charge on any atom is 0.0951 e. The summed E-state index contributed by atoms with van der Waals surface area (Å²) in [5.74, 6) is 0. The monoisotopic (exact) mass is 282 g/mol. The Morgan fingerprint density at radius 1 is 1.19 bits per heavy atom. The fourth-order valence-electron chi connectivity index (χ4n) is 3.13. The number of nitrogens with one attached hydrogen (secondary N) is 1. The van der Waals surface area contributed by atoms with Crippen LogP contribution in [-0.4, -0.2) is 22.6 Å². The van der Waals surface area contributed by atoms with Gasteiger partial charge in [0.15, 0.2) is 0 Å². The molecule has 1 saturated heterocycles. The van der Waals surface area contributed by atoms with Crippen LogP contribution in [0.1, 0.15) is 37.4 Å². The average Bonchev–Trinajstić information content (AvgIpc) is 3.04. The number of anilines is 2. The highest BCUT2D eigenvalue weighted by Gasteiger charge is 2.24. The Morgan fingerprint density at radius 3 is 2.86 bits per heavy atom. The summed E-state index contributed by atoms with van der Waals surface area (Å²) in [5, 5.41) is 3.55. The van der Waals surface area contributed by atoms with Crippen molar-refractivity contribution < 1.29 is 0 Å². The van der Waals surface area contributed by atoms with E-state index >= 15 is 0 Å². The van der Waals surface area contributed by atoms with Crippen LogP contribution >= 0.6 is 0 Å². The van der Waals surface area contributed by atoms with E-state index in [1.165, 1.54) is 55.8 Å². The van der Waals surface area contributed by atoms with E-state index in [0.29, 0.717) is 6.04 Å². The molecular weight excluding hydrogens is 260 g/mol. The smallest absolute Gasteiger partial charge is 0.0951 e. The number of rotatable bonds is 5. The van der Waals surface area contributed by atoms with Gasteiger partial charge in [-0.15, -0.1) is 0 Å². The zero-order chi connectivity index (χ0) is 14.1. The van der Waals surface area contributed by atoms with Gasteiger partial charge in [-0.3, -0.25) is 0 Å². The first-order chi connectivity index (χ1) is 10.4. The molecule has 0 spiro atoms. The van der Waals surface area contributed by atoms with E-state index < -0.39 is 0 Å². The van der Waals surface area contributed by atoms with Crippen molar-refractivity contribution >= 4 is 11.4 Å². The molecule has 2 aliphatic rings. The van der Waals surface area contributed by atoms with Gasteiger partial charge in [-0.05, 0) is 43.9 Å². The fourth-order valence-corrected chi connectivity index (χ4v) is 3.13. The molecule has 2 heterocycles. The van der Waals surface area contributed by atoms with Gasteiger partial charge in [0.25, 0.3) is 0 Å². The molecule has 4 rings (SSSR count). The Kier molecular flexibility index (Phi) is 3.30. The van der Waals surface area contributed by atoms with E-state index in [0.717, 1.165) is 6.54 Å². The molecule has 21 heavy (non-hydrogen) atoms. The van der Waals surface area contributed by atoms with Crippen LogP contribution in [-0.2, 0) is 6.54 Å². The lowest BCUT2D eigenvalue weighted by molar-refractivity contribution is 0.701. The molecule has 0 amide bonds. The molecule has 110 valence electrons. The van der Waals surface area contributed by atoms with Crippen molar-refractivity contribution in [3.8, 4) is 0 Å². The number of nitrogens with zero attached hydrogens (tertiary/aromatic N) is 3. The van der Waals surface area contributed by atoms with Crippen LogP contribution in [0.4, 0.5) is 11.4 Å². The van der Waals surface area contributed by atoms with Crippen molar-refractivity contribution in [3.63, 3.8) is 0 Å². The number of hydrogen-bond donors (Lipinski definition) is 1. The predicted octanol–water partition coefficient (Wildman–Crippen LogP) is 3.43. The van der Waals surface area contributed by atoms with Crippen molar-refractivity contribution in [2.75, 3.05) is 23.3 Å². The lowest BCUT2D eigenvalue weighted by atomic mass is 10.2.